The van der Waals surface area contributed by atoms with Crippen LogP contribution in [0, 0.1) is 0 Å². The lowest BCUT2D eigenvalue weighted by Gasteiger charge is -2.13. The predicted molar refractivity (Wildman–Crippen MR) is 104 cm³/mol. The first-order chi connectivity index (χ1) is 12.7. The molecule has 3 heterocycles. The Kier molecular flexibility index (Phi) is 6.05. The molecule has 0 aliphatic carbocycles. The first-order valence-corrected chi connectivity index (χ1v) is 8.51. The van der Waals surface area contributed by atoms with Gasteiger partial charge in [0.25, 0.3) is 0 Å². The monoisotopic (exact) mass is 349 g/mol. The molecule has 0 aromatic carbocycles. The van der Waals surface area contributed by atoms with Crippen molar-refractivity contribution in [3.05, 3.63) is 60.7 Å². The van der Waals surface area contributed by atoms with E-state index < -0.39 is 0 Å². The van der Waals surface area contributed by atoms with E-state index in [-0.39, 0.29) is 0 Å². The summed E-state index contributed by atoms with van der Waals surface area (Å²) in [6.45, 7) is 2.33. The molecule has 2 N–H and O–H groups in total. The standard InChI is InChI=1S/C19H23N7/c1-26(2)11-10-22-19-24-17(16-5-8-20-9-6-16)12-18(25-19)23-14-15-4-3-7-21-13-15/h3-9,12-13H,10-11,14H2,1-2H3,(H2,22,23,24,25). The van der Waals surface area contributed by atoms with Crippen LogP contribution in [0.5, 0.6) is 0 Å². The van der Waals surface area contributed by atoms with E-state index in [0.717, 1.165) is 35.7 Å². The number of pyridine rings is 2. The first-order valence-electron chi connectivity index (χ1n) is 8.51. The summed E-state index contributed by atoms with van der Waals surface area (Å²) >= 11 is 0. The SMILES string of the molecule is CN(C)CCNc1nc(NCc2cccnc2)cc(-c2ccncc2)n1. The van der Waals surface area contributed by atoms with Crippen molar-refractivity contribution >= 4 is 11.8 Å². The Bertz CT molecular complexity index is 807. The van der Waals surface area contributed by atoms with Gasteiger partial charge >= 0.3 is 0 Å². The largest absolute Gasteiger partial charge is 0.366 e. The van der Waals surface area contributed by atoms with Gasteiger partial charge in [-0.2, -0.15) is 4.98 Å². The highest BCUT2D eigenvalue weighted by Crippen LogP contribution is 2.21. The minimum absolute atomic E-state index is 0.606. The second-order valence-electron chi connectivity index (χ2n) is 6.14. The summed E-state index contributed by atoms with van der Waals surface area (Å²) in [5.41, 5.74) is 2.95. The zero-order valence-corrected chi connectivity index (χ0v) is 15.1. The Hall–Kier alpha value is -3.06. The maximum Gasteiger partial charge on any atom is 0.225 e. The van der Waals surface area contributed by atoms with Gasteiger partial charge in [0.05, 0.1) is 5.69 Å². The van der Waals surface area contributed by atoms with Crippen LogP contribution in [-0.4, -0.2) is 52.0 Å². The summed E-state index contributed by atoms with van der Waals surface area (Å²) in [4.78, 5) is 19.5. The van der Waals surface area contributed by atoms with Gasteiger partial charge in [0.15, 0.2) is 0 Å². The fourth-order valence-electron chi connectivity index (χ4n) is 2.37. The number of likely N-dealkylation sites (N-methyl/N-ethyl adjacent to an activating group) is 1. The number of anilines is 2. The molecular formula is C19H23N7. The topological polar surface area (TPSA) is 78.9 Å². The Morgan fingerprint density at radius 2 is 1.81 bits per heavy atom. The van der Waals surface area contributed by atoms with Crippen molar-refractivity contribution in [2.45, 2.75) is 6.54 Å². The minimum Gasteiger partial charge on any atom is -0.366 e. The third-order valence-electron chi connectivity index (χ3n) is 3.74. The van der Waals surface area contributed by atoms with Gasteiger partial charge in [-0.1, -0.05) is 6.07 Å². The summed E-state index contributed by atoms with van der Waals surface area (Å²) in [6, 6.07) is 9.78. The fourth-order valence-corrected chi connectivity index (χ4v) is 2.37. The number of hydrogen-bond acceptors (Lipinski definition) is 7. The Labute approximate surface area is 153 Å². The molecule has 3 rings (SSSR count). The third-order valence-corrected chi connectivity index (χ3v) is 3.74. The lowest BCUT2D eigenvalue weighted by Crippen LogP contribution is -2.21. The molecule has 3 aromatic rings. The highest BCUT2D eigenvalue weighted by atomic mass is 15.2. The van der Waals surface area contributed by atoms with Crippen LogP contribution in [0.1, 0.15) is 5.56 Å². The Balaban J connectivity index is 1.80. The van der Waals surface area contributed by atoms with Crippen LogP contribution in [0.2, 0.25) is 0 Å². The number of hydrogen-bond donors (Lipinski definition) is 2. The van der Waals surface area contributed by atoms with Gasteiger partial charge in [0, 0.05) is 56.1 Å². The molecule has 0 atom stereocenters. The molecule has 0 saturated heterocycles. The summed E-state index contributed by atoms with van der Waals surface area (Å²) < 4.78 is 0. The highest BCUT2D eigenvalue weighted by Gasteiger charge is 2.07. The van der Waals surface area contributed by atoms with Gasteiger partial charge in [-0.25, -0.2) is 4.98 Å². The van der Waals surface area contributed by atoms with Crippen LogP contribution in [0.15, 0.2) is 55.1 Å². The van der Waals surface area contributed by atoms with Gasteiger partial charge in [-0.05, 0) is 37.9 Å². The first kappa shape index (κ1) is 17.8. The molecule has 0 bridgehead atoms. The van der Waals surface area contributed by atoms with E-state index in [1.807, 2.05) is 50.6 Å². The molecule has 134 valence electrons. The molecule has 0 spiro atoms. The average molecular weight is 349 g/mol. The quantitative estimate of drug-likeness (QED) is 0.647. The summed E-state index contributed by atoms with van der Waals surface area (Å²) in [5.74, 6) is 1.37. The van der Waals surface area contributed by atoms with Crippen LogP contribution in [-0.2, 0) is 6.54 Å². The van der Waals surface area contributed by atoms with Gasteiger partial charge in [0.1, 0.15) is 5.82 Å². The van der Waals surface area contributed by atoms with E-state index in [1.54, 1.807) is 18.6 Å². The van der Waals surface area contributed by atoms with Crippen molar-refractivity contribution in [1.82, 2.24) is 24.8 Å². The van der Waals surface area contributed by atoms with E-state index >= 15 is 0 Å². The van der Waals surface area contributed by atoms with Gasteiger partial charge in [-0.15, -0.1) is 0 Å². The third kappa shape index (κ3) is 5.22. The van der Waals surface area contributed by atoms with Crippen LogP contribution in [0.3, 0.4) is 0 Å². The number of nitrogens with zero attached hydrogens (tertiary/aromatic N) is 5. The van der Waals surface area contributed by atoms with E-state index in [9.17, 15) is 0 Å². The lowest BCUT2D eigenvalue weighted by atomic mass is 10.2. The average Bonchev–Trinajstić information content (AvgIpc) is 2.67. The summed E-state index contributed by atoms with van der Waals surface area (Å²) in [7, 11) is 4.08. The number of aromatic nitrogens is 4. The van der Waals surface area contributed by atoms with Gasteiger partial charge in [0.2, 0.25) is 5.95 Å². The van der Waals surface area contributed by atoms with Crippen LogP contribution < -0.4 is 10.6 Å². The molecule has 0 saturated carbocycles. The van der Waals surface area contributed by atoms with Crippen molar-refractivity contribution in [2.75, 3.05) is 37.8 Å². The second kappa shape index (κ2) is 8.87. The lowest BCUT2D eigenvalue weighted by molar-refractivity contribution is 0.425. The highest BCUT2D eigenvalue weighted by molar-refractivity contribution is 5.63. The summed E-state index contributed by atoms with van der Waals surface area (Å²) in [5, 5.41) is 6.65. The predicted octanol–water partition coefficient (Wildman–Crippen LogP) is 2.52. The Morgan fingerprint density at radius 1 is 0.962 bits per heavy atom. The molecule has 3 aromatic heterocycles. The van der Waals surface area contributed by atoms with Crippen molar-refractivity contribution in [3.8, 4) is 11.3 Å². The molecule has 0 fully saturated rings. The molecule has 0 aliphatic heterocycles. The van der Waals surface area contributed by atoms with Gasteiger partial charge < -0.3 is 15.5 Å². The van der Waals surface area contributed by atoms with Crippen molar-refractivity contribution in [2.24, 2.45) is 0 Å². The van der Waals surface area contributed by atoms with Crippen LogP contribution >= 0.6 is 0 Å². The number of nitrogens with one attached hydrogen (secondary N) is 2. The Morgan fingerprint density at radius 3 is 2.54 bits per heavy atom. The summed E-state index contributed by atoms with van der Waals surface area (Å²) in [6.07, 6.45) is 7.13. The molecule has 0 amide bonds. The van der Waals surface area contributed by atoms with Crippen LogP contribution in [0.4, 0.5) is 11.8 Å². The molecule has 7 heteroatoms. The van der Waals surface area contributed by atoms with E-state index in [1.165, 1.54) is 0 Å². The van der Waals surface area contributed by atoms with E-state index in [2.05, 4.69) is 35.5 Å². The van der Waals surface area contributed by atoms with E-state index in [4.69, 9.17) is 0 Å². The maximum absolute atomic E-state index is 4.63. The van der Waals surface area contributed by atoms with E-state index in [0.29, 0.717) is 12.5 Å². The van der Waals surface area contributed by atoms with Crippen molar-refractivity contribution in [1.29, 1.82) is 0 Å². The smallest absolute Gasteiger partial charge is 0.225 e. The molecule has 0 aliphatic rings. The molecular weight excluding hydrogens is 326 g/mol. The van der Waals surface area contributed by atoms with Crippen molar-refractivity contribution < 1.29 is 0 Å². The zero-order valence-electron chi connectivity index (χ0n) is 15.1. The molecule has 0 radical (unpaired) electrons. The van der Waals surface area contributed by atoms with Crippen molar-refractivity contribution in [3.63, 3.8) is 0 Å². The van der Waals surface area contributed by atoms with Gasteiger partial charge in [-0.3, -0.25) is 9.97 Å². The fraction of sp³-hybridized carbons (Fsp3) is 0.263. The van der Waals surface area contributed by atoms with Crippen LogP contribution in [0.25, 0.3) is 11.3 Å². The minimum atomic E-state index is 0.606. The molecule has 0 unspecified atom stereocenters. The molecule has 26 heavy (non-hydrogen) atoms. The zero-order chi connectivity index (χ0) is 18.2. The maximum atomic E-state index is 4.63. The molecule has 7 nitrogen and oxygen atoms in total. The number of rotatable bonds is 8. The normalized spacial score (nSPS) is 10.7. The second-order valence-corrected chi connectivity index (χ2v) is 6.14.